The Labute approximate surface area is 101 Å². The molecule has 17 heavy (non-hydrogen) atoms. The van der Waals surface area contributed by atoms with Crippen LogP contribution in [-0.4, -0.2) is 30.1 Å². The van der Waals surface area contributed by atoms with Crippen molar-refractivity contribution in [3.63, 3.8) is 0 Å². The Morgan fingerprint density at radius 3 is 2.24 bits per heavy atom. The van der Waals surface area contributed by atoms with E-state index in [-0.39, 0.29) is 13.0 Å². The van der Waals surface area contributed by atoms with E-state index in [1.165, 1.54) is 0 Å². The molecule has 0 saturated carbocycles. The van der Waals surface area contributed by atoms with E-state index in [4.69, 9.17) is 9.66 Å². The molecule has 0 amide bonds. The lowest BCUT2D eigenvalue weighted by Gasteiger charge is -2.10. The van der Waals surface area contributed by atoms with Gasteiger partial charge in [0, 0.05) is 18.7 Å². The average Bonchev–Trinajstić information content (AvgIpc) is 2.14. The molecule has 1 rings (SSSR count). The van der Waals surface area contributed by atoms with E-state index in [9.17, 15) is 8.42 Å². The average molecular weight is 259 g/mol. The first-order valence-corrected chi connectivity index (χ1v) is 6.76. The second-order valence-corrected chi connectivity index (χ2v) is 5.64. The molecule has 0 aromatic heterocycles. The topological polar surface area (TPSA) is 86.6 Å². The van der Waals surface area contributed by atoms with Gasteiger partial charge in [-0.15, -0.1) is 0 Å². The Morgan fingerprint density at radius 2 is 1.76 bits per heavy atom. The Balaban J connectivity index is 2.52. The van der Waals surface area contributed by atoms with Crippen molar-refractivity contribution >= 4 is 15.8 Å². The highest BCUT2D eigenvalue weighted by Crippen LogP contribution is 2.14. The van der Waals surface area contributed by atoms with Crippen molar-refractivity contribution in [1.82, 2.24) is 0 Å². The standard InChI is InChI=1S/C11H17NO4S/c1-8-5-9(2)7-10(6-8)12-4-3-11(13)17(14,15)16/h5-7,11-13H,3-4H2,1-2H3,(H,14,15,16). The smallest absolute Gasteiger partial charge is 0.292 e. The molecule has 5 nitrogen and oxygen atoms in total. The van der Waals surface area contributed by atoms with Crippen molar-refractivity contribution in [2.24, 2.45) is 0 Å². The fourth-order valence-electron chi connectivity index (χ4n) is 1.57. The third-order valence-electron chi connectivity index (χ3n) is 2.29. The summed E-state index contributed by atoms with van der Waals surface area (Å²) in [6.07, 6.45) is -0.0637. The molecule has 1 aromatic rings. The zero-order chi connectivity index (χ0) is 13.1. The number of benzene rings is 1. The first-order valence-electron chi connectivity index (χ1n) is 5.25. The van der Waals surface area contributed by atoms with Crippen LogP contribution in [0.3, 0.4) is 0 Å². The molecule has 0 spiro atoms. The second-order valence-electron chi connectivity index (χ2n) is 4.06. The van der Waals surface area contributed by atoms with E-state index in [0.29, 0.717) is 0 Å². The molecule has 0 saturated heterocycles. The molecule has 0 aliphatic heterocycles. The van der Waals surface area contributed by atoms with Crippen molar-refractivity contribution in [2.75, 3.05) is 11.9 Å². The molecular formula is C11H17NO4S. The van der Waals surface area contributed by atoms with Gasteiger partial charge >= 0.3 is 0 Å². The monoisotopic (exact) mass is 259 g/mol. The number of nitrogens with one attached hydrogen (secondary N) is 1. The van der Waals surface area contributed by atoms with Gasteiger partial charge in [-0.05, 0) is 37.1 Å². The van der Waals surface area contributed by atoms with E-state index in [2.05, 4.69) is 5.32 Å². The van der Waals surface area contributed by atoms with Gasteiger partial charge in [0.15, 0.2) is 5.44 Å². The van der Waals surface area contributed by atoms with Crippen LogP contribution in [0.4, 0.5) is 5.69 Å². The maximum Gasteiger partial charge on any atom is 0.292 e. The van der Waals surface area contributed by atoms with Gasteiger partial charge in [0.05, 0.1) is 0 Å². The van der Waals surface area contributed by atoms with Crippen LogP contribution in [0, 0.1) is 13.8 Å². The fraction of sp³-hybridized carbons (Fsp3) is 0.455. The van der Waals surface area contributed by atoms with Crippen LogP contribution in [0.25, 0.3) is 0 Å². The molecule has 0 radical (unpaired) electrons. The molecule has 1 aromatic carbocycles. The number of aliphatic hydroxyl groups excluding tert-OH is 1. The van der Waals surface area contributed by atoms with Gasteiger partial charge in [-0.25, -0.2) is 0 Å². The lowest BCUT2D eigenvalue weighted by molar-refractivity contribution is 0.227. The molecule has 0 fully saturated rings. The Morgan fingerprint density at radius 1 is 1.24 bits per heavy atom. The molecule has 0 bridgehead atoms. The largest absolute Gasteiger partial charge is 0.385 e. The molecule has 6 heteroatoms. The predicted molar refractivity (Wildman–Crippen MR) is 66.6 cm³/mol. The molecular weight excluding hydrogens is 242 g/mol. The summed E-state index contributed by atoms with van der Waals surface area (Å²) in [4.78, 5) is 0. The van der Waals surface area contributed by atoms with Gasteiger partial charge in [-0.3, -0.25) is 4.55 Å². The minimum atomic E-state index is -4.36. The van der Waals surface area contributed by atoms with Crippen molar-refractivity contribution < 1.29 is 18.1 Å². The van der Waals surface area contributed by atoms with Crippen LogP contribution in [0.15, 0.2) is 18.2 Å². The highest BCUT2D eigenvalue weighted by atomic mass is 32.2. The van der Waals surface area contributed by atoms with Crippen LogP contribution < -0.4 is 5.32 Å². The molecule has 96 valence electrons. The normalized spacial score (nSPS) is 13.4. The fourth-order valence-corrected chi connectivity index (χ4v) is 1.98. The SMILES string of the molecule is Cc1cc(C)cc(NCCC(O)S(=O)(=O)O)c1. The maximum atomic E-state index is 10.6. The first-order chi connectivity index (χ1) is 7.79. The Bertz CT molecular complexity index is 464. The van der Waals surface area contributed by atoms with Crippen molar-refractivity contribution in [1.29, 1.82) is 0 Å². The molecule has 0 aliphatic rings. The minimum absolute atomic E-state index is 0.0637. The number of hydrogen-bond acceptors (Lipinski definition) is 4. The van der Waals surface area contributed by atoms with E-state index in [1.54, 1.807) is 0 Å². The Hall–Kier alpha value is -1.11. The van der Waals surface area contributed by atoms with Gasteiger partial charge in [0.2, 0.25) is 0 Å². The van der Waals surface area contributed by atoms with E-state index in [0.717, 1.165) is 16.8 Å². The molecule has 3 N–H and O–H groups in total. The van der Waals surface area contributed by atoms with E-state index < -0.39 is 15.6 Å². The number of anilines is 1. The van der Waals surface area contributed by atoms with Gasteiger partial charge < -0.3 is 10.4 Å². The lowest BCUT2D eigenvalue weighted by atomic mass is 10.1. The second kappa shape index (κ2) is 5.48. The first kappa shape index (κ1) is 14.0. The number of aliphatic hydroxyl groups is 1. The van der Waals surface area contributed by atoms with Crippen LogP contribution in [0.5, 0.6) is 0 Å². The van der Waals surface area contributed by atoms with Crippen molar-refractivity contribution in [2.45, 2.75) is 25.7 Å². The third kappa shape index (κ3) is 4.72. The maximum absolute atomic E-state index is 10.6. The lowest BCUT2D eigenvalue weighted by Crippen LogP contribution is -2.22. The summed E-state index contributed by atoms with van der Waals surface area (Å²) in [5.74, 6) is 0. The summed E-state index contributed by atoms with van der Waals surface area (Å²) >= 11 is 0. The molecule has 0 heterocycles. The van der Waals surface area contributed by atoms with Gasteiger partial charge in [-0.1, -0.05) is 6.07 Å². The summed E-state index contributed by atoms with van der Waals surface area (Å²) in [6, 6.07) is 5.87. The predicted octanol–water partition coefficient (Wildman–Crippen LogP) is 1.31. The summed E-state index contributed by atoms with van der Waals surface area (Å²) in [6.45, 7) is 4.19. The summed E-state index contributed by atoms with van der Waals surface area (Å²) < 4.78 is 29.7. The van der Waals surface area contributed by atoms with Gasteiger partial charge in [-0.2, -0.15) is 8.42 Å². The zero-order valence-corrected chi connectivity index (χ0v) is 10.7. The molecule has 1 atom stereocenters. The van der Waals surface area contributed by atoms with Crippen LogP contribution in [-0.2, 0) is 10.1 Å². The number of hydrogen-bond donors (Lipinski definition) is 3. The van der Waals surface area contributed by atoms with Crippen molar-refractivity contribution in [3.8, 4) is 0 Å². The Kier molecular flexibility index (Phi) is 4.50. The third-order valence-corrected chi connectivity index (χ3v) is 3.21. The quantitative estimate of drug-likeness (QED) is 0.694. The van der Waals surface area contributed by atoms with Gasteiger partial charge in [0.25, 0.3) is 10.1 Å². The summed E-state index contributed by atoms with van der Waals surface area (Å²) in [5.41, 5.74) is 1.33. The summed E-state index contributed by atoms with van der Waals surface area (Å²) in [5, 5.41) is 12.1. The summed E-state index contributed by atoms with van der Waals surface area (Å²) in [7, 11) is -4.36. The number of aryl methyl sites for hydroxylation is 2. The highest BCUT2D eigenvalue weighted by molar-refractivity contribution is 7.86. The van der Waals surface area contributed by atoms with Crippen molar-refractivity contribution in [3.05, 3.63) is 29.3 Å². The van der Waals surface area contributed by atoms with Crippen LogP contribution >= 0.6 is 0 Å². The molecule has 0 aliphatic carbocycles. The van der Waals surface area contributed by atoms with E-state index >= 15 is 0 Å². The van der Waals surface area contributed by atoms with Crippen LogP contribution in [0.1, 0.15) is 17.5 Å². The van der Waals surface area contributed by atoms with Gasteiger partial charge in [0.1, 0.15) is 0 Å². The minimum Gasteiger partial charge on any atom is -0.385 e. The molecule has 1 unspecified atom stereocenters. The van der Waals surface area contributed by atoms with Crippen LogP contribution in [0.2, 0.25) is 0 Å². The van der Waals surface area contributed by atoms with E-state index in [1.807, 2.05) is 32.0 Å². The zero-order valence-electron chi connectivity index (χ0n) is 9.84. The highest BCUT2D eigenvalue weighted by Gasteiger charge is 2.18. The number of rotatable bonds is 5.